The van der Waals surface area contributed by atoms with Crippen LogP contribution in [0.5, 0.6) is 5.75 Å². The average Bonchev–Trinajstić information content (AvgIpc) is 3.11. The number of anilines is 1. The minimum Gasteiger partial charge on any atom is -0.482 e. The topological polar surface area (TPSA) is 64.4 Å². The Labute approximate surface area is 181 Å². The lowest BCUT2D eigenvalue weighted by Crippen LogP contribution is -2.20. The van der Waals surface area contributed by atoms with Gasteiger partial charge >= 0.3 is 0 Å². The lowest BCUT2D eigenvalue weighted by Gasteiger charge is -2.09. The molecule has 1 amide bonds. The molecule has 0 aliphatic rings. The zero-order valence-corrected chi connectivity index (χ0v) is 17.1. The molecule has 0 aliphatic carbocycles. The van der Waals surface area contributed by atoms with Crippen LogP contribution in [-0.2, 0) is 4.79 Å². The fraction of sp³-hybridized carbons (Fsp3) is 0.0476. The maximum atomic E-state index is 12.2. The van der Waals surface area contributed by atoms with E-state index in [4.69, 9.17) is 44.0 Å². The third-order valence-corrected chi connectivity index (χ3v) is 4.76. The summed E-state index contributed by atoms with van der Waals surface area (Å²) in [6.45, 7) is -0.202. The summed E-state index contributed by atoms with van der Waals surface area (Å²) < 4.78 is 11.2. The molecule has 4 aromatic rings. The van der Waals surface area contributed by atoms with Gasteiger partial charge in [-0.15, -0.1) is 0 Å². The smallest absolute Gasteiger partial charge is 0.262 e. The predicted octanol–water partition coefficient (Wildman–Crippen LogP) is 6.47. The number of amides is 1. The summed E-state index contributed by atoms with van der Waals surface area (Å²) in [5.41, 5.74) is 2.55. The van der Waals surface area contributed by atoms with Gasteiger partial charge in [-0.25, -0.2) is 4.98 Å². The normalized spacial score (nSPS) is 10.9. The Kier molecular flexibility index (Phi) is 5.62. The number of hydrogen-bond acceptors (Lipinski definition) is 4. The van der Waals surface area contributed by atoms with Crippen molar-refractivity contribution < 1.29 is 13.9 Å². The molecular weight excluding hydrogens is 435 g/mol. The summed E-state index contributed by atoms with van der Waals surface area (Å²) in [6.07, 6.45) is 0. The fourth-order valence-electron chi connectivity index (χ4n) is 2.68. The Morgan fingerprint density at radius 2 is 1.83 bits per heavy atom. The van der Waals surface area contributed by atoms with Gasteiger partial charge in [0.25, 0.3) is 5.91 Å². The number of carbonyl (C=O) groups is 1. The van der Waals surface area contributed by atoms with Gasteiger partial charge < -0.3 is 14.5 Å². The van der Waals surface area contributed by atoms with Gasteiger partial charge in [0.05, 0.1) is 5.02 Å². The number of fused-ring (bicyclic) bond motifs is 1. The van der Waals surface area contributed by atoms with Crippen LogP contribution in [0.2, 0.25) is 15.1 Å². The molecule has 0 bridgehead atoms. The van der Waals surface area contributed by atoms with Gasteiger partial charge in [0.2, 0.25) is 5.89 Å². The van der Waals surface area contributed by atoms with Gasteiger partial charge in [0.1, 0.15) is 11.3 Å². The molecule has 8 heteroatoms. The number of nitrogens with zero attached hydrogens (tertiary/aromatic N) is 1. The summed E-state index contributed by atoms with van der Waals surface area (Å²) in [7, 11) is 0. The van der Waals surface area contributed by atoms with E-state index in [1.54, 1.807) is 48.5 Å². The van der Waals surface area contributed by atoms with Crippen LogP contribution in [0.3, 0.4) is 0 Å². The van der Waals surface area contributed by atoms with E-state index in [2.05, 4.69) is 10.3 Å². The molecule has 0 aliphatic heterocycles. The van der Waals surface area contributed by atoms with E-state index >= 15 is 0 Å². The molecule has 0 atom stereocenters. The highest BCUT2D eigenvalue weighted by atomic mass is 35.5. The maximum Gasteiger partial charge on any atom is 0.262 e. The molecule has 0 radical (unpaired) electrons. The van der Waals surface area contributed by atoms with Crippen LogP contribution in [0.1, 0.15) is 0 Å². The fourth-order valence-corrected chi connectivity index (χ4v) is 3.34. The van der Waals surface area contributed by atoms with E-state index < -0.39 is 0 Å². The molecule has 1 heterocycles. The van der Waals surface area contributed by atoms with E-state index in [0.29, 0.717) is 43.5 Å². The van der Waals surface area contributed by atoms with E-state index in [1.165, 1.54) is 0 Å². The highest BCUT2D eigenvalue weighted by molar-refractivity contribution is 6.35. The Morgan fingerprint density at radius 1 is 1.00 bits per heavy atom. The van der Waals surface area contributed by atoms with Crippen molar-refractivity contribution in [2.75, 3.05) is 11.9 Å². The van der Waals surface area contributed by atoms with Crippen LogP contribution >= 0.6 is 34.8 Å². The van der Waals surface area contributed by atoms with Gasteiger partial charge in [-0.2, -0.15) is 0 Å². The molecule has 4 rings (SSSR count). The first-order valence-corrected chi connectivity index (χ1v) is 9.65. The molecule has 3 aromatic carbocycles. The molecule has 146 valence electrons. The number of benzene rings is 3. The first-order chi connectivity index (χ1) is 14.0. The number of aromatic nitrogens is 1. The van der Waals surface area contributed by atoms with Crippen molar-refractivity contribution in [3.63, 3.8) is 0 Å². The molecular formula is C21H13Cl3N2O3. The molecule has 5 nitrogen and oxygen atoms in total. The van der Waals surface area contributed by atoms with Gasteiger partial charge in [-0.05, 0) is 54.6 Å². The second-order valence-electron chi connectivity index (χ2n) is 6.12. The van der Waals surface area contributed by atoms with Crippen LogP contribution in [0, 0.1) is 0 Å². The first kappa shape index (κ1) is 19.6. The number of rotatable bonds is 5. The van der Waals surface area contributed by atoms with Crippen molar-refractivity contribution in [3.8, 4) is 17.2 Å². The van der Waals surface area contributed by atoms with E-state index in [1.807, 2.05) is 12.1 Å². The van der Waals surface area contributed by atoms with E-state index in [-0.39, 0.29) is 12.5 Å². The summed E-state index contributed by atoms with van der Waals surface area (Å²) in [5.74, 6) is 0.491. The van der Waals surface area contributed by atoms with Crippen molar-refractivity contribution in [2.45, 2.75) is 0 Å². The van der Waals surface area contributed by atoms with Crippen molar-refractivity contribution in [3.05, 3.63) is 75.7 Å². The SMILES string of the molecule is O=C(COc1ccc(Cl)cc1Cl)Nc1ccc2oc(-c3cccc(Cl)c3)nc2c1. The third kappa shape index (κ3) is 4.65. The van der Waals surface area contributed by atoms with Gasteiger partial charge in [-0.1, -0.05) is 40.9 Å². The van der Waals surface area contributed by atoms with Crippen molar-refractivity contribution in [1.82, 2.24) is 4.98 Å². The van der Waals surface area contributed by atoms with Gasteiger partial charge in [0.15, 0.2) is 12.2 Å². The molecule has 0 unspecified atom stereocenters. The summed E-state index contributed by atoms with van der Waals surface area (Å²) in [4.78, 5) is 16.7. The van der Waals surface area contributed by atoms with Gasteiger partial charge in [-0.3, -0.25) is 4.79 Å². The zero-order chi connectivity index (χ0) is 20.4. The monoisotopic (exact) mass is 446 g/mol. The average molecular weight is 448 g/mol. The Morgan fingerprint density at radius 3 is 2.62 bits per heavy atom. The molecule has 0 saturated carbocycles. The van der Waals surface area contributed by atoms with Crippen molar-refractivity contribution >= 4 is 57.5 Å². The van der Waals surface area contributed by atoms with Crippen LogP contribution in [-0.4, -0.2) is 17.5 Å². The summed E-state index contributed by atoms with van der Waals surface area (Å²) >= 11 is 17.9. The second-order valence-corrected chi connectivity index (χ2v) is 7.40. The second kappa shape index (κ2) is 8.33. The summed E-state index contributed by atoms with van der Waals surface area (Å²) in [5, 5.41) is 4.18. The highest BCUT2D eigenvalue weighted by Gasteiger charge is 2.11. The van der Waals surface area contributed by atoms with Crippen LogP contribution < -0.4 is 10.1 Å². The molecule has 0 spiro atoms. The van der Waals surface area contributed by atoms with Crippen molar-refractivity contribution in [1.29, 1.82) is 0 Å². The predicted molar refractivity (Wildman–Crippen MR) is 115 cm³/mol. The molecule has 29 heavy (non-hydrogen) atoms. The van der Waals surface area contributed by atoms with E-state index in [0.717, 1.165) is 5.56 Å². The Bertz CT molecular complexity index is 1210. The molecule has 1 N–H and O–H groups in total. The lowest BCUT2D eigenvalue weighted by molar-refractivity contribution is -0.118. The lowest BCUT2D eigenvalue weighted by atomic mass is 10.2. The number of hydrogen-bond donors (Lipinski definition) is 1. The van der Waals surface area contributed by atoms with Gasteiger partial charge in [0, 0.05) is 21.3 Å². The third-order valence-electron chi connectivity index (χ3n) is 4.00. The van der Waals surface area contributed by atoms with Crippen molar-refractivity contribution in [2.24, 2.45) is 0 Å². The number of nitrogens with one attached hydrogen (secondary N) is 1. The van der Waals surface area contributed by atoms with Crippen LogP contribution in [0.15, 0.2) is 65.1 Å². The summed E-state index contributed by atoms with van der Waals surface area (Å²) in [6, 6.07) is 17.2. The number of carbonyl (C=O) groups excluding carboxylic acids is 1. The Hall–Kier alpha value is -2.73. The van der Waals surface area contributed by atoms with Crippen LogP contribution in [0.25, 0.3) is 22.6 Å². The highest BCUT2D eigenvalue weighted by Crippen LogP contribution is 2.29. The molecule has 1 aromatic heterocycles. The largest absolute Gasteiger partial charge is 0.482 e. The molecule has 0 fully saturated rings. The quantitative estimate of drug-likeness (QED) is 0.381. The standard InChI is InChI=1S/C21H13Cl3N2O3/c22-13-3-1-2-12(8-13)21-26-17-10-15(5-7-19(17)29-21)25-20(27)11-28-18-6-4-14(23)9-16(18)24/h1-10H,11H2,(H,25,27). The zero-order valence-electron chi connectivity index (χ0n) is 14.8. The number of oxazole rings is 1. The van der Waals surface area contributed by atoms with E-state index in [9.17, 15) is 4.79 Å². The van der Waals surface area contributed by atoms with Crippen LogP contribution in [0.4, 0.5) is 5.69 Å². The number of halogens is 3. The number of ether oxygens (including phenoxy) is 1. The molecule has 0 saturated heterocycles. The first-order valence-electron chi connectivity index (χ1n) is 8.52. The maximum absolute atomic E-state index is 12.2. The minimum absolute atomic E-state index is 0.202. The minimum atomic E-state index is -0.339. The Balaban J connectivity index is 1.46.